The zero-order valence-corrected chi connectivity index (χ0v) is 19.0. The van der Waals surface area contributed by atoms with Gasteiger partial charge in [-0.25, -0.2) is 0 Å². The van der Waals surface area contributed by atoms with Gasteiger partial charge in [0.2, 0.25) is 5.91 Å². The van der Waals surface area contributed by atoms with Gasteiger partial charge in [0.1, 0.15) is 0 Å². The van der Waals surface area contributed by atoms with Crippen molar-refractivity contribution < 1.29 is 14.3 Å². The summed E-state index contributed by atoms with van der Waals surface area (Å²) in [7, 11) is 3.24. The summed E-state index contributed by atoms with van der Waals surface area (Å²) in [5.74, 6) is 0.132. The molecule has 0 saturated carbocycles. The van der Waals surface area contributed by atoms with E-state index in [1.807, 2.05) is 43.3 Å². The first kappa shape index (κ1) is 24.4. The van der Waals surface area contributed by atoms with Crippen LogP contribution in [0.1, 0.15) is 18.9 Å². The van der Waals surface area contributed by atoms with E-state index < -0.39 is 0 Å². The molecule has 0 saturated heterocycles. The van der Waals surface area contributed by atoms with Crippen molar-refractivity contribution in [3.05, 3.63) is 120 Å². The van der Waals surface area contributed by atoms with E-state index in [0.717, 1.165) is 5.56 Å². The highest BCUT2D eigenvalue weighted by atomic mass is 16.5. The Morgan fingerprint density at radius 2 is 1.81 bits per heavy atom. The van der Waals surface area contributed by atoms with E-state index in [1.54, 1.807) is 43.3 Å². The van der Waals surface area contributed by atoms with Crippen LogP contribution in [0.4, 0.5) is 0 Å². The normalized spacial score (nSPS) is 15.7. The second-order valence-electron chi connectivity index (χ2n) is 7.18. The van der Waals surface area contributed by atoms with Crippen molar-refractivity contribution in [2.24, 2.45) is 0 Å². The van der Waals surface area contributed by atoms with Crippen LogP contribution in [0, 0.1) is 0 Å². The van der Waals surface area contributed by atoms with Gasteiger partial charge in [-0.15, -0.1) is 0 Å². The van der Waals surface area contributed by atoms with Gasteiger partial charge in [0.25, 0.3) is 5.91 Å². The number of ether oxygens (including phenoxy) is 1. The van der Waals surface area contributed by atoms with Crippen LogP contribution >= 0.6 is 0 Å². The quantitative estimate of drug-likeness (QED) is 0.454. The lowest BCUT2D eigenvalue weighted by Gasteiger charge is -2.29. The van der Waals surface area contributed by atoms with Crippen molar-refractivity contribution in [3.63, 3.8) is 0 Å². The first-order valence-electron chi connectivity index (χ1n) is 10.3. The lowest BCUT2D eigenvalue weighted by molar-refractivity contribution is -0.128. The number of nitrogens with one attached hydrogen (secondary N) is 1. The van der Waals surface area contributed by atoms with Crippen LogP contribution in [0.3, 0.4) is 0 Å². The number of amides is 2. The van der Waals surface area contributed by atoms with E-state index in [0.29, 0.717) is 35.4 Å². The molecule has 1 aromatic rings. The fourth-order valence-corrected chi connectivity index (χ4v) is 3.19. The SMILES string of the molecule is C=CC1=C(/C=C\C)N(C)C(=O)/C(=C(\CCc2ccccc2)C(=C)/C=C\C(=C)C(=O)NC)O1. The average Bonchev–Trinajstić information content (AvgIpc) is 2.81. The molecule has 2 amide bonds. The van der Waals surface area contributed by atoms with E-state index in [9.17, 15) is 9.59 Å². The van der Waals surface area contributed by atoms with Crippen molar-refractivity contribution in [3.8, 4) is 0 Å². The van der Waals surface area contributed by atoms with Gasteiger partial charge in [0.05, 0.1) is 5.70 Å². The van der Waals surface area contributed by atoms with E-state index in [-0.39, 0.29) is 23.1 Å². The maximum absolute atomic E-state index is 13.2. The number of nitrogens with zero attached hydrogens (tertiary/aromatic N) is 1. The maximum Gasteiger partial charge on any atom is 0.294 e. The molecular weight excluding hydrogens is 400 g/mol. The Kier molecular flexibility index (Phi) is 8.78. The highest BCUT2D eigenvalue weighted by molar-refractivity contribution is 5.96. The monoisotopic (exact) mass is 430 g/mol. The highest BCUT2D eigenvalue weighted by Crippen LogP contribution is 2.31. The number of allylic oxidation sites excluding steroid dienone is 6. The van der Waals surface area contributed by atoms with Crippen molar-refractivity contribution in [2.45, 2.75) is 19.8 Å². The van der Waals surface area contributed by atoms with Gasteiger partial charge in [0, 0.05) is 25.2 Å². The topological polar surface area (TPSA) is 58.6 Å². The summed E-state index contributed by atoms with van der Waals surface area (Å²) >= 11 is 0. The number of carbonyl (C=O) groups excluding carboxylic acids is 2. The van der Waals surface area contributed by atoms with Crippen LogP contribution < -0.4 is 5.32 Å². The van der Waals surface area contributed by atoms with Crippen molar-refractivity contribution in [1.29, 1.82) is 0 Å². The minimum Gasteiger partial charge on any atom is -0.449 e. The molecule has 0 spiro atoms. The third-order valence-corrected chi connectivity index (χ3v) is 5.01. The molecule has 5 nitrogen and oxygen atoms in total. The van der Waals surface area contributed by atoms with Crippen LogP contribution in [0.2, 0.25) is 0 Å². The molecular formula is C27H30N2O3. The number of hydrogen-bond acceptors (Lipinski definition) is 3. The smallest absolute Gasteiger partial charge is 0.294 e. The number of rotatable bonds is 9. The lowest BCUT2D eigenvalue weighted by atomic mass is 9.96. The standard InChI is InChI=1S/C27H30N2O3/c1-7-12-23-24(8-2)32-25(27(31)29(23)6)22(18-17-21-13-10-9-11-14-21)19(3)15-16-20(4)26(30)28-5/h7-16H,2-4,17-18H2,1,5-6H3,(H,28,30)/b12-7-,16-15-,25-22-. The van der Waals surface area contributed by atoms with E-state index in [4.69, 9.17) is 4.74 Å². The highest BCUT2D eigenvalue weighted by Gasteiger charge is 2.30. The molecule has 0 radical (unpaired) electrons. The zero-order valence-electron chi connectivity index (χ0n) is 19.0. The Labute approximate surface area is 190 Å². The molecule has 5 heteroatoms. The predicted molar refractivity (Wildman–Crippen MR) is 129 cm³/mol. The number of carbonyl (C=O) groups is 2. The average molecular weight is 431 g/mol. The summed E-state index contributed by atoms with van der Waals surface area (Å²) in [5, 5.41) is 2.53. The largest absolute Gasteiger partial charge is 0.449 e. The van der Waals surface area contributed by atoms with E-state index in [1.165, 1.54) is 0 Å². The summed E-state index contributed by atoms with van der Waals surface area (Å²) in [6.45, 7) is 13.6. The Hall–Kier alpha value is -3.86. The summed E-state index contributed by atoms with van der Waals surface area (Å²) in [5.41, 5.74) is 3.28. The fourth-order valence-electron chi connectivity index (χ4n) is 3.19. The molecule has 0 atom stereocenters. The Bertz CT molecular complexity index is 1040. The number of hydrogen-bond donors (Lipinski definition) is 1. The molecule has 1 heterocycles. The lowest BCUT2D eigenvalue weighted by Crippen LogP contribution is -2.34. The summed E-state index contributed by atoms with van der Waals surface area (Å²) in [6, 6.07) is 9.97. The second-order valence-corrected chi connectivity index (χ2v) is 7.18. The van der Waals surface area contributed by atoms with Gasteiger partial charge in [-0.05, 0) is 49.1 Å². The summed E-state index contributed by atoms with van der Waals surface area (Å²) in [4.78, 5) is 26.5. The molecule has 1 N–H and O–H groups in total. The van der Waals surface area contributed by atoms with Crippen molar-refractivity contribution in [1.82, 2.24) is 10.2 Å². The first-order valence-corrected chi connectivity index (χ1v) is 10.3. The minimum absolute atomic E-state index is 0.201. The molecule has 0 aliphatic carbocycles. The second kappa shape index (κ2) is 11.5. The fraction of sp³-hybridized carbons (Fsp3) is 0.185. The van der Waals surface area contributed by atoms with Gasteiger partial charge in [0.15, 0.2) is 11.5 Å². The molecule has 0 fully saturated rings. The van der Waals surface area contributed by atoms with Crippen molar-refractivity contribution >= 4 is 11.8 Å². The molecule has 2 rings (SSSR count). The number of benzene rings is 1. The van der Waals surface area contributed by atoms with E-state index in [2.05, 4.69) is 25.1 Å². The zero-order chi connectivity index (χ0) is 23.7. The number of aryl methyl sites for hydroxylation is 1. The Morgan fingerprint density at radius 3 is 2.41 bits per heavy atom. The minimum atomic E-state index is -0.287. The van der Waals surface area contributed by atoms with Crippen molar-refractivity contribution in [2.75, 3.05) is 14.1 Å². The molecule has 1 aliphatic rings. The number of likely N-dealkylation sites (N-methyl/N-ethyl adjacent to an activating group) is 2. The molecule has 1 aromatic carbocycles. The molecule has 32 heavy (non-hydrogen) atoms. The molecule has 166 valence electrons. The molecule has 0 unspecified atom stereocenters. The van der Waals surface area contributed by atoms with Gasteiger partial charge < -0.3 is 15.0 Å². The Morgan fingerprint density at radius 1 is 1.16 bits per heavy atom. The van der Waals surface area contributed by atoms with Crippen LogP contribution in [0.15, 0.2) is 114 Å². The maximum atomic E-state index is 13.2. The third kappa shape index (κ3) is 5.85. The molecule has 0 bridgehead atoms. The van der Waals surface area contributed by atoms with Gasteiger partial charge in [-0.3, -0.25) is 9.59 Å². The first-order chi connectivity index (χ1) is 15.3. The Balaban J connectivity index is 2.49. The van der Waals surface area contributed by atoms with Gasteiger partial charge >= 0.3 is 0 Å². The third-order valence-electron chi connectivity index (χ3n) is 5.01. The molecule has 1 aliphatic heterocycles. The van der Waals surface area contributed by atoms with Crippen LogP contribution in [-0.2, 0) is 20.7 Å². The summed E-state index contributed by atoms with van der Waals surface area (Å²) in [6.07, 6.45) is 9.70. The van der Waals surface area contributed by atoms with Crippen LogP contribution in [-0.4, -0.2) is 30.8 Å². The van der Waals surface area contributed by atoms with Crippen LogP contribution in [0.5, 0.6) is 0 Å². The predicted octanol–water partition coefficient (Wildman–Crippen LogP) is 4.75. The summed E-state index contributed by atoms with van der Waals surface area (Å²) < 4.78 is 6.03. The van der Waals surface area contributed by atoms with Gasteiger partial charge in [-0.2, -0.15) is 0 Å². The van der Waals surface area contributed by atoms with Crippen LogP contribution in [0.25, 0.3) is 0 Å². The molecule has 0 aromatic heterocycles. The van der Waals surface area contributed by atoms with Gasteiger partial charge in [-0.1, -0.05) is 62.2 Å². The van der Waals surface area contributed by atoms with E-state index >= 15 is 0 Å².